The lowest BCUT2D eigenvalue weighted by molar-refractivity contribution is 0.395. The number of nitrogens with one attached hydrogen (secondary N) is 1. The Morgan fingerprint density at radius 1 is 1.40 bits per heavy atom. The van der Waals surface area contributed by atoms with Crippen molar-refractivity contribution in [2.75, 3.05) is 13.1 Å². The van der Waals surface area contributed by atoms with Crippen LogP contribution in [0.2, 0.25) is 0 Å². The van der Waals surface area contributed by atoms with Crippen molar-refractivity contribution in [1.82, 2.24) is 9.62 Å². The van der Waals surface area contributed by atoms with Crippen LogP contribution in [0.15, 0.2) is 16.3 Å². The van der Waals surface area contributed by atoms with Crippen molar-refractivity contribution in [3.63, 3.8) is 0 Å². The first-order valence-electron chi connectivity index (χ1n) is 7.40. The molecule has 0 spiro atoms. The molecule has 0 unspecified atom stereocenters. The highest BCUT2D eigenvalue weighted by molar-refractivity contribution is 7.89. The Balaban J connectivity index is 2.21. The van der Waals surface area contributed by atoms with Crippen molar-refractivity contribution >= 4 is 21.4 Å². The first-order chi connectivity index (χ1) is 9.61. The van der Waals surface area contributed by atoms with Crippen molar-refractivity contribution in [1.29, 1.82) is 0 Å². The van der Waals surface area contributed by atoms with E-state index in [1.54, 1.807) is 10.4 Å². The van der Waals surface area contributed by atoms with Gasteiger partial charge in [0.15, 0.2) is 0 Å². The second-order valence-electron chi connectivity index (χ2n) is 5.19. The van der Waals surface area contributed by atoms with E-state index in [-0.39, 0.29) is 6.04 Å². The maximum absolute atomic E-state index is 12.9. The summed E-state index contributed by atoms with van der Waals surface area (Å²) in [6.45, 7) is 6.26. The molecule has 0 aliphatic heterocycles. The van der Waals surface area contributed by atoms with E-state index in [0.29, 0.717) is 18.0 Å². The molecule has 1 aromatic rings. The van der Waals surface area contributed by atoms with Crippen LogP contribution in [0.1, 0.15) is 44.4 Å². The Hall–Kier alpha value is -0.430. The molecular weight excluding hydrogens is 292 g/mol. The van der Waals surface area contributed by atoms with Crippen LogP contribution in [0, 0.1) is 0 Å². The van der Waals surface area contributed by atoms with E-state index in [9.17, 15) is 8.42 Å². The molecule has 0 atom stereocenters. The van der Waals surface area contributed by atoms with Crippen molar-refractivity contribution in [2.24, 2.45) is 0 Å². The minimum Gasteiger partial charge on any atom is -0.312 e. The zero-order chi connectivity index (χ0) is 14.6. The quantitative estimate of drug-likeness (QED) is 0.762. The van der Waals surface area contributed by atoms with Gasteiger partial charge in [0.25, 0.3) is 0 Å². The maximum atomic E-state index is 12.9. The molecule has 1 fully saturated rings. The van der Waals surface area contributed by atoms with Gasteiger partial charge in [-0.1, -0.05) is 20.3 Å². The average molecular weight is 316 g/mol. The Morgan fingerprint density at radius 2 is 2.15 bits per heavy atom. The van der Waals surface area contributed by atoms with Gasteiger partial charge in [-0.25, -0.2) is 8.42 Å². The number of unbranched alkanes of at least 4 members (excludes halogenated alkanes) is 1. The van der Waals surface area contributed by atoms with E-state index < -0.39 is 10.0 Å². The third-order valence-corrected chi connectivity index (χ3v) is 6.60. The molecule has 20 heavy (non-hydrogen) atoms. The lowest BCUT2D eigenvalue weighted by Crippen LogP contribution is -2.34. The van der Waals surface area contributed by atoms with Crippen molar-refractivity contribution in [2.45, 2.75) is 57.0 Å². The maximum Gasteiger partial charge on any atom is 0.244 e. The minimum absolute atomic E-state index is 0.235. The number of hydrogen-bond acceptors (Lipinski definition) is 4. The van der Waals surface area contributed by atoms with Crippen LogP contribution < -0.4 is 5.32 Å². The van der Waals surface area contributed by atoms with Gasteiger partial charge >= 0.3 is 0 Å². The molecule has 114 valence electrons. The second-order valence-corrected chi connectivity index (χ2v) is 8.05. The molecule has 1 heterocycles. The fourth-order valence-electron chi connectivity index (χ4n) is 2.23. The molecule has 0 radical (unpaired) electrons. The molecule has 0 saturated heterocycles. The van der Waals surface area contributed by atoms with Crippen LogP contribution in [0.25, 0.3) is 0 Å². The number of hydrogen-bond donors (Lipinski definition) is 1. The third-order valence-electron chi connectivity index (χ3n) is 3.51. The Kier molecular flexibility index (Phi) is 5.60. The van der Waals surface area contributed by atoms with Crippen LogP contribution in [0.5, 0.6) is 0 Å². The van der Waals surface area contributed by atoms with Gasteiger partial charge in [0.05, 0.1) is 4.90 Å². The lowest BCUT2D eigenvalue weighted by Gasteiger charge is -2.22. The summed E-state index contributed by atoms with van der Waals surface area (Å²) in [6, 6.07) is 1.99. The van der Waals surface area contributed by atoms with E-state index in [1.165, 1.54) is 11.3 Å². The number of sulfonamides is 1. The Morgan fingerprint density at radius 3 is 2.75 bits per heavy atom. The summed E-state index contributed by atoms with van der Waals surface area (Å²) in [4.78, 5) is 1.43. The van der Waals surface area contributed by atoms with Crippen molar-refractivity contribution < 1.29 is 8.42 Å². The first kappa shape index (κ1) is 15.9. The molecule has 0 amide bonds. The molecule has 1 aliphatic rings. The SMILES string of the molecule is CCCCN(C1CC1)S(=O)(=O)c1ccsc1CNCC. The summed E-state index contributed by atoms with van der Waals surface area (Å²) in [5.41, 5.74) is 0. The van der Waals surface area contributed by atoms with Gasteiger partial charge < -0.3 is 5.32 Å². The number of rotatable bonds is 9. The number of nitrogens with zero attached hydrogens (tertiary/aromatic N) is 1. The number of thiophene rings is 1. The highest BCUT2D eigenvalue weighted by Crippen LogP contribution is 2.34. The van der Waals surface area contributed by atoms with Crippen LogP contribution in [-0.4, -0.2) is 31.9 Å². The Bertz CT molecular complexity index is 521. The zero-order valence-electron chi connectivity index (χ0n) is 12.3. The zero-order valence-corrected chi connectivity index (χ0v) is 13.9. The van der Waals surface area contributed by atoms with Crippen LogP contribution >= 0.6 is 11.3 Å². The average Bonchev–Trinajstić information content (AvgIpc) is 3.13. The predicted octanol–water partition coefficient (Wildman–Crippen LogP) is 2.81. The molecule has 1 aromatic heterocycles. The minimum atomic E-state index is -3.32. The standard InChI is InChI=1S/C14H24N2O2S2/c1-3-5-9-16(12-6-7-12)20(17,18)14-8-10-19-13(14)11-15-4-2/h8,10,12,15H,3-7,9,11H2,1-2H3. The molecule has 0 aromatic carbocycles. The van der Waals surface area contributed by atoms with Gasteiger partial charge in [-0.2, -0.15) is 4.31 Å². The van der Waals surface area contributed by atoms with Gasteiger partial charge in [0.1, 0.15) is 0 Å². The highest BCUT2D eigenvalue weighted by Gasteiger charge is 2.38. The van der Waals surface area contributed by atoms with Crippen LogP contribution in [0.3, 0.4) is 0 Å². The first-order valence-corrected chi connectivity index (χ1v) is 9.72. The molecular formula is C14H24N2O2S2. The van der Waals surface area contributed by atoms with Gasteiger partial charge in [0.2, 0.25) is 10.0 Å². The second kappa shape index (κ2) is 7.02. The van der Waals surface area contributed by atoms with E-state index in [4.69, 9.17) is 0 Å². The molecule has 4 nitrogen and oxygen atoms in total. The molecule has 1 saturated carbocycles. The molecule has 6 heteroatoms. The van der Waals surface area contributed by atoms with E-state index in [0.717, 1.165) is 37.1 Å². The van der Waals surface area contributed by atoms with Crippen molar-refractivity contribution in [3.8, 4) is 0 Å². The van der Waals surface area contributed by atoms with E-state index >= 15 is 0 Å². The van der Waals surface area contributed by atoms with E-state index in [1.807, 2.05) is 12.3 Å². The molecule has 1 aliphatic carbocycles. The van der Waals surface area contributed by atoms with Gasteiger partial charge in [0, 0.05) is 24.0 Å². The highest BCUT2D eigenvalue weighted by atomic mass is 32.2. The van der Waals surface area contributed by atoms with E-state index in [2.05, 4.69) is 12.2 Å². The normalized spacial score (nSPS) is 15.9. The molecule has 2 rings (SSSR count). The Labute approximate surface area is 126 Å². The summed E-state index contributed by atoms with van der Waals surface area (Å²) >= 11 is 1.52. The van der Waals surface area contributed by atoms with Crippen molar-refractivity contribution in [3.05, 3.63) is 16.3 Å². The summed E-state index contributed by atoms with van der Waals surface area (Å²) in [5, 5.41) is 5.10. The summed E-state index contributed by atoms with van der Waals surface area (Å²) in [7, 11) is -3.32. The fraction of sp³-hybridized carbons (Fsp3) is 0.714. The van der Waals surface area contributed by atoms with Gasteiger partial charge in [-0.05, 0) is 37.3 Å². The van der Waals surface area contributed by atoms with Crippen LogP contribution in [-0.2, 0) is 16.6 Å². The largest absolute Gasteiger partial charge is 0.312 e. The van der Waals surface area contributed by atoms with Gasteiger partial charge in [-0.3, -0.25) is 0 Å². The smallest absolute Gasteiger partial charge is 0.244 e. The third kappa shape index (κ3) is 3.61. The van der Waals surface area contributed by atoms with Gasteiger partial charge in [-0.15, -0.1) is 11.3 Å². The lowest BCUT2D eigenvalue weighted by atomic mass is 10.3. The summed E-state index contributed by atoms with van der Waals surface area (Å²) in [5.74, 6) is 0. The molecule has 0 bridgehead atoms. The fourth-order valence-corrected chi connectivity index (χ4v) is 5.34. The monoisotopic (exact) mass is 316 g/mol. The van der Waals surface area contributed by atoms with Crippen LogP contribution in [0.4, 0.5) is 0 Å². The predicted molar refractivity (Wildman–Crippen MR) is 83.5 cm³/mol. The summed E-state index contributed by atoms with van der Waals surface area (Å²) < 4.78 is 27.5. The molecule has 1 N–H and O–H groups in total. The topological polar surface area (TPSA) is 49.4 Å². The summed E-state index contributed by atoms with van der Waals surface area (Å²) in [6.07, 6.45) is 3.97.